The highest BCUT2D eigenvalue weighted by atomic mass is 32.1. The standard InChI is InChI=1S/C19H21N5O3S/c25-17(21-12-14-1-5-22-23-14)15-11-13-2-9-27-19(16(13)28-15)3-7-24(8-4-19)18-20-6-10-26-18/h1,5-6,10-11H,2-4,7-9,12H2,(H,21,25)(H,22,23). The minimum atomic E-state index is -0.302. The molecule has 0 unspecified atom stereocenters. The maximum atomic E-state index is 12.6. The number of aromatic amines is 1. The molecular formula is C19H21N5O3S. The number of aromatic nitrogens is 3. The van der Waals surface area contributed by atoms with Crippen LogP contribution in [0.3, 0.4) is 0 Å². The third-order valence-electron chi connectivity index (χ3n) is 5.46. The second-order valence-electron chi connectivity index (χ2n) is 7.12. The van der Waals surface area contributed by atoms with Crippen LogP contribution in [0.25, 0.3) is 0 Å². The molecule has 3 aromatic rings. The number of oxazole rings is 1. The highest BCUT2D eigenvalue weighted by molar-refractivity contribution is 7.14. The minimum Gasteiger partial charge on any atom is -0.432 e. The van der Waals surface area contributed by atoms with Crippen molar-refractivity contribution in [3.8, 4) is 0 Å². The number of carbonyl (C=O) groups excluding carboxylic acids is 1. The van der Waals surface area contributed by atoms with E-state index in [9.17, 15) is 4.79 Å². The summed E-state index contributed by atoms with van der Waals surface area (Å²) in [5.41, 5.74) is 1.82. The van der Waals surface area contributed by atoms with Crippen LogP contribution in [0.15, 0.2) is 35.2 Å². The lowest BCUT2D eigenvalue weighted by atomic mass is 9.85. The Kier molecular flexibility index (Phi) is 4.40. The second kappa shape index (κ2) is 7.06. The number of hydrogen-bond acceptors (Lipinski definition) is 7. The number of carbonyl (C=O) groups is 1. The van der Waals surface area contributed by atoms with Gasteiger partial charge >= 0.3 is 0 Å². The number of fused-ring (bicyclic) bond motifs is 2. The van der Waals surface area contributed by atoms with Gasteiger partial charge in [-0.2, -0.15) is 5.10 Å². The highest BCUT2D eigenvalue weighted by Gasteiger charge is 2.43. The Morgan fingerprint density at radius 2 is 2.25 bits per heavy atom. The van der Waals surface area contributed by atoms with E-state index in [0.717, 1.165) is 42.9 Å². The fourth-order valence-corrected chi connectivity index (χ4v) is 5.31. The van der Waals surface area contributed by atoms with Gasteiger partial charge in [0.25, 0.3) is 11.9 Å². The van der Waals surface area contributed by atoms with E-state index in [1.165, 1.54) is 10.4 Å². The van der Waals surface area contributed by atoms with Gasteiger partial charge in [-0.25, -0.2) is 4.98 Å². The molecule has 0 aliphatic carbocycles. The fraction of sp³-hybridized carbons (Fsp3) is 0.421. The second-order valence-corrected chi connectivity index (χ2v) is 8.18. The van der Waals surface area contributed by atoms with Gasteiger partial charge in [-0.1, -0.05) is 0 Å². The lowest BCUT2D eigenvalue weighted by molar-refractivity contribution is -0.0738. The molecule has 1 saturated heterocycles. The van der Waals surface area contributed by atoms with Crippen molar-refractivity contribution >= 4 is 23.3 Å². The third kappa shape index (κ3) is 3.10. The molecule has 1 spiro atoms. The zero-order valence-electron chi connectivity index (χ0n) is 15.3. The molecular weight excluding hydrogens is 378 g/mol. The van der Waals surface area contributed by atoms with Crippen molar-refractivity contribution in [2.75, 3.05) is 24.6 Å². The Hall–Kier alpha value is -2.65. The van der Waals surface area contributed by atoms with Crippen LogP contribution in [-0.2, 0) is 23.3 Å². The van der Waals surface area contributed by atoms with E-state index < -0.39 is 0 Å². The van der Waals surface area contributed by atoms with Crippen molar-refractivity contribution in [3.63, 3.8) is 0 Å². The first-order valence-electron chi connectivity index (χ1n) is 9.42. The maximum Gasteiger partial charge on any atom is 0.297 e. The molecule has 28 heavy (non-hydrogen) atoms. The molecule has 3 aromatic heterocycles. The molecule has 2 aliphatic rings. The van der Waals surface area contributed by atoms with E-state index in [1.807, 2.05) is 12.1 Å². The van der Waals surface area contributed by atoms with Gasteiger partial charge in [-0.3, -0.25) is 9.89 Å². The van der Waals surface area contributed by atoms with E-state index in [1.54, 1.807) is 30.0 Å². The summed E-state index contributed by atoms with van der Waals surface area (Å²) in [5.74, 6) is -0.0543. The third-order valence-corrected chi connectivity index (χ3v) is 6.82. The normalized spacial score (nSPS) is 18.2. The van der Waals surface area contributed by atoms with Crippen LogP contribution in [-0.4, -0.2) is 40.8 Å². The average Bonchev–Trinajstić information content (AvgIpc) is 3.48. The lowest BCUT2D eigenvalue weighted by Gasteiger charge is -2.43. The molecule has 9 heteroatoms. The number of hydrogen-bond donors (Lipinski definition) is 2. The number of rotatable bonds is 4. The summed E-state index contributed by atoms with van der Waals surface area (Å²) in [6.07, 6.45) is 7.52. The average molecular weight is 399 g/mol. The van der Waals surface area contributed by atoms with E-state index in [2.05, 4.69) is 25.4 Å². The molecule has 0 atom stereocenters. The summed E-state index contributed by atoms with van der Waals surface area (Å²) in [6.45, 7) is 2.77. The van der Waals surface area contributed by atoms with Crippen LogP contribution in [0.2, 0.25) is 0 Å². The Morgan fingerprint density at radius 3 is 3.00 bits per heavy atom. The van der Waals surface area contributed by atoms with Gasteiger partial charge in [-0.15, -0.1) is 11.3 Å². The van der Waals surface area contributed by atoms with E-state index in [0.29, 0.717) is 19.2 Å². The summed E-state index contributed by atoms with van der Waals surface area (Å²) in [6, 6.07) is 4.55. The van der Waals surface area contributed by atoms with Crippen LogP contribution in [0.4, 0.5) is 6.01 Å². The molecule has 1 amide bonds. The molecule has 0 bridgehead atoms. The Morgan fingerprint density at radius 1 is 1.36 bits per heavy atom. The van der Waals surface area contributed by atoms with Gasteiger partial charge in [0.2, 0.25) is 0 Å². The summed E-state index contributed by atoms with van der Waals surface area (Å²) in [4.78, 5) is 21.0. The topological polar surface area (TPSA) is 96.3 Å². The van der Waals surface area contributed by atoms with Gasteiger partial charge in [0.15, 0.2) is 0 Å². The van der Waals surface area contributed by atoms with Crippen molar-refractivity contribution in [3.05, 3.63) is 51.8 Å². The van der Waals surface area contributed by atoms with Crippen LogP contribution in [0.1, 0.15) is 38.6 Å². The lowest BCUT2D eigenvalue weighted by Crippen LogP contribution is -2.46. The Bertz CT molecular complexity index is 943. The quantitative estimate of drug-likeness (QED) is 0.700. The van der Waals surface area contributed by atoms with Crippen molar-refractivity contribution < 1.29 is 13.9 Å². The molecule has 2 N–H and O–H groups in total. The first kappa shape index (κ1) is 17.4. The molecule has 8 nitrogen and oxygen atoms in total. The molecule has 5 rings (SSSR count). The van der Waals surface area contributed by atoms with Crippen molar-refractivity contribution in [2.45, 2.75) is 31.4 Å². The van der Waals surface area contributed by atoms with Gasteiger partial charge in [0, 0.05) is 24.2 Å². The monoisotopic (exact) mass is 399 g/mol. The molecule has 5 heterocycles. The molecule has 146 valence electrons. The van der Waals surface area contributed by atoms with Gasteiger partial charge < -0.3 is 19.4 Å². The van der Waals surface area contributed by atoms with Gasteiger partial charge in [0.05, 0.1) is 29.9 Å². The predicted molar refractivity (Wildman–Crippen MR) is 103 cm³/mol. The number of H-pyrrole nitrogens is 1. The molecule has 1 fully saturated rings. The largest absolute Gasteiger partial charge is 0.432 e. The van der Waals surface area contributed by atoms with Crippen LogP contribution < -0.4 is 10.2 Å². The first-order chi connectivity index (χ1) is 13.7. The predicted octanol–water partition coefficient (Wildman–Crippen LogP) is 2.46. The number of nitrogens with zero attached hydrogens (tertiary/aromatic N) is 3. The summed E-state index contributed by atoms with van der Waals surface area (Å²) in [5, 5.41) is 9.72. The van der Waals surface area contributed by atoms with Gasteiger partial charge in [-0.05, 0) is 37.0 Å². The number of amides is 1. The molecule has 0 radical (unpaired) electrons. The zero-order chi connectivity index (χ0) is 19.0. The number of nitrogens with one attached hydrogen (secondary N) is 2. The SMILES string of the molecule is O=C(NCc1ccn[nH]1)c1cc2c(s1)C1(CCN(c3ncco3)CC1)OCC2. The number of ether oxygens (including phenoxy) is 1. The van der Waals surface area contributed by atoms with Crippen LogP contribution in [0, 0.1) is 0 Å². The molecule has 2 aliphatic heterocycles. The van der Waals surface area contributed by atoms with E-state index >= 15 is 0 Å². The van der Waals surface area contributed by atoms with Crippen molar-refractivity contribution in [1.82, 2.24) is 20.5 Å². The zero-order valence-corrected chi connectivity index (χ0v) is 16.1. The minimum absolute atomic E-state index is 0.0543. The highest BCUT2D eigenvalue weighted by Crippen LogP contribution is 2.45. The number of thiophene rings is 1. The maximum absolute atomic E-state index is 12.6. The van der Waals surface area contributed by atoms with E-state index in [-0.39, 0.29) is 11.5 Å². The first-order valence-corrected chi connectivity index (χ1v) is 10.2. The number of piperidine rings is 1. The van der Waals surface area contributed by atoms with Crippen LogP contribution in [0.5, 0.6) is 0 Å². The van der Waals surface area contributed by atoms with Crippen molar-refractivity contribution in [2.24, 2.45) is 0 Å². The summed E-state index contributed by atoms with van der Waals surface area (Å²) in [7, 11) is 0. The van der Waals surface area contributed by atoms with Crippen LogP contribution >= 0.6 is 11.3 Å². The smallest absolute Gasteiger partial charge is 0.297 e. The Balaban J connectivity index is 1.32. The van der Waals surface area contributed by atoms with E-state index in [4.69, 9.17) is 9.15 Å². The van der Waals surface area contributed by atoms with Gasteiger partial charge in [0.1, 0.15) is 11.9 Å². The molecule has 0 aromatic carbocycles. The van der Waals surface area contributed by atoms with Crippen molar-refractivity contribution in [1.29, 1.82) is 0 Å². The summed E-state index contributed by atoms with van der Waals surface area (Å²) >= 11 is 1.56. The summed E-state index contributed by atoms with van der Waals surface area (Å²) < 4.78 is 11.7. The molecule has 0 saturated carbocycles. The number of anilines is 1. The Labute approximate surface area is 165 Å². The fourth-order valence-electron chi connectivity index (χ4n) is 3.98.